The summed E-state index contributed by atoms with van der Waals surface area (Å²) >= 11 is 0. The van der Waals surface area contributed by atoms with Crippen molar-refractivity contribution in [2.75, 3.05) is 12.8 Å². The van der Waals surface area contributed by atoms with Crippen LogP contribution in [0.4, 0.5) is 0 Å². The van der Waals surface area contributed by atoms with Crippen LogP contribution in [-0.4, -0.2) is 18.7 Å². The van der Waals surface area contributed by atoms with Crippen molar-refractivity contribution in [3.8, 4) is 0 Å². The summed E-state index contributed by atoms with van der Waals surface area (Å²) in [5.74, 6) is -0.313. The van der Waals surface area contributed by atoms with Gasteiger partial charge in [0.25, 0.3) is 0 Å². The number of hydrogen-bond donors (Lipinski definition) is 0. The third kappa shape index (κ3) is 5.10. The van der Waals surface area contributed by atoms with Gasteiger partial charge in [-0.15, -0.1) is 0 Å². The molecule has 0 spiro atoms. The molecular weight excluding hydrogens is 375 g/mol. The summed E-state index contributed by atoms with van der Waals surface area (Å²) in [6.45, 7) is 2.19. The zero-order valence-corrected chi connectivity index (χ0v) is 17.5. The van der Waals surface area contributed by atoms with Crippen LogP contribution in [-0.2, 0) is 9.53 Å². The van der Waals surface area contributed by atoms with E-state index in [1.165, 1.54) is 22.0 Å². The Labute approximate surface area is 173 Å². The van der Waals surface area contributed by atoms with Crippen LogP contribution in [0.5, 0.6) is 0 Å². The molecular formula is C26H26O2P+. The molecule has 0 aliphatic heterocycles. The molecule has 0 aliphatic carbocycles. The van der Waals surface area contributed by atoms with E-state index >= 15 is 0 Å². The number of ether oxygens (including phenoxy) is 1. The highest BCUT2D eigenvalue weighted by Gasteiger charge is 2.43. The molecule has 2 nitrogen and oxygen atoms in total. The number of esters is 1. The Balaban J connectivity index is 2.04. The fraction of sp³-hybridized carbons (Fsp3) is 0.115. The van der Waals surface area contributed by atoms with Crippen LogP contribution in [0.2, 0.25) is 0 Å². The topological polar surface area (TPSA) is 26.3 Å². The van der Waals surface area contributed by atoms with Crippen molar-refractivity contribution in [3.63, 3.8) is 0 Å². The standard InChI is InChI=1S/C26H26O2P/c1-2-28-26(27)21-13-6-14-22-29(23-15-7-3-8-16-23,24-17-9-4-10-18-24)25-19-11-5-12-20-25/h3-21H,2,22H2,1H3/q+1/b14-6+,21-13+. The first-order valence-corrected chi connectivity index (χ1v) is 11.8. The summed E-state index contributed by atoms with van der Waals surface area (Å²) in [7, 11) is -1.87. The Hall–Kier alpha value is -2.96. The maximum atomic E-state index is 11.5. The Morgan fingerprint density at radius 1 is 0.759 bits per heavy atom. The molecule has 0 unspecified atom stereocenters. The van der Waals surface area contributed by atoms with Crippen molar-refractivity contribution in [1.82, 2.24) is 0 Å². The van der Waals surface area contributed by atoms with Gasteiger partial charge >= 0.3 is 5.97 Å². The van der Waals surface area contributed by atoms with Gasteiger partial charge in [-0.3, -0.25) is 0 Å². The first kappa shape index (κ1) is 20.8. The summed E-state index contributed by atoms with van der Waals surface area (Å²) in [4.78, 5) is 11.5. The van der Waals surface area contributed by atoms with Gasteiger partial charge in [-0.2, -0.15) is 0 Å². The van der Waals surface area contributed by atoms with E-state index in [0.29, 0.717) is 6.61 Å². The Morgan fingerprint density at radius 3 is 1.62 bits per heavy atom. The van der Waals surface area contributed by atoms with Crippen LogP contribution in [0.25, 0.3) is 0 Å². The second-order valence-electron chi connectivity index (χ2n) is 6.54. The monoisotopic (exact) mass is 401 g/mol. The van der Waals surface area contributed by atoms with E-state index in [9.17, 15) is 4.79 Å². The minimum atomic E-state index is -1.87. The zero-order chi connectivity index (χ0) is 20.4. The molecule has 29 heavy (non-hydrogen) atoms. The molecule has 0 N–H and O–H groups in total. The van der Waals surface area contributed by atoms with Gasteiger partial charge in [0.15, 0.2) is 0 Å². The lowest BCUT2D eigenvalue weighted by molar-refractivity contribution is -0.137. The molecule has 146 valence electrons. The van der Waals surface area contributed by atoms with Crippen LogP contribution in [0.3, 0.4) is 0 Å². The van der Waals surface area contributed by atoms with Crippen molar-refractivity contribution < 1.29 is 9.53 Å². The number of benzene rings is 3. The molecule has 3 heteroatoms. The third-order valence-corrected chi connectivity index (χ3v) is 9.03. The summed E-state index contributed by atoms with van der Waals surface area (Å²) in [6, 6.07) is 32.2. The van der Waals surface area contributed by atoms with Gasteiger partial charge in [0.1, 0.15) is 23.2 Å². The number of rotatable bonds is 8. The van der Waals surface area contributed by atoms with E-state index < -0.39 is 7.26 Å². The first-order chi connectivity index (χ1) is 14.3. The average Bonchev–Trinajstić information content (AvgIpc) is 2.78. The second kappa shape index (κ2) is 10.5. The molecule has 3 aromatic carbocycles. The van der Waals surface area contributed by atoms with E-state index in [1.807, 2.05) is 6.08 Å². The Morgan fingerprint density at radius 2 is 1.21 bits per heavy atom. The lowest BCUT2D eigenvalue weighted by Crippen LogP contribution is -2.32. The van der Waals surface area contributed by atoms with Crippen LogP contribution in [0.1, 0.15) is 6.92 Å². The summed E-state index contributed by atoms with van der Waals surface area (Å²) < 4.78 is 4.94. The molecule has 0 radical (unpaired) electrons. The van der Waals surface area contributed by atoms with E-state index in [-0.39, 0.29) is 5.97 Å². The molecule has 0 saturated heterocycles. The number of hydrogen-bond acceptors (Lipinski definition) is 2. The number of allylic oxidation sites excluding steroid dienone is 3. The van der Waals surface area contributed by atoms with Gasteiger partial charge in [0.2, 0.25) is 0 Å². The SMILES string of the molecule is CCOC(=O)/C=C/C=C/C[P+](c1ccccc1)(c1ccccc1)c1ccccc1. The summed E-state index contributed by atoms with van der Waals surface area (Å²) in [5.41, 5.74) is 0. The zero-order valence-electron chi connectivity index (χ0n) is 16.6. The van der Waals surface area contributed by atoms with E-state index in [0.717, 1.165) is 6.16 Å². The summed E-state index contributed by atoms with van der Waals surface area (Å²) in [6.07, 6.45) is 8.20. The van der Waals surface area contributed by atoms with Gasteiger partial charge < -0.3 is 4.74 Å². The highest BCUT2D eigenvalue weighted by atomic mass is 31.2. The van der Waals surface area contributed by atoms with E-state index in [2.05, 4.69) is 97.1 Å². The van der Waals surface area contributed by atoms with Crippen LogP contribution in [0.15, 0.2) is 115 Å². The van der Waals surface area contributed by atoms with Crippen molar-refractivity contribution in [3.05, 3.63) is 115 Å². The lowest BCUT2D eigenvalue weighted by Gasteiger charge is -2.26. The molecule has 0 atom stereocenters. The van der Waals surface area contributed by atoms with E-state index in [1.54, 1.807) is 13.0 Å². The molecule has 0 amide bonds. The maximum Gasteiger partial charge on any atom is 0.330 e. The minimum Gasteiger partial charge on any atom is -0.463 e. The molecule has 0 bridgehead atoms. The molecule has 0 heterocycles. The Bertz CT molecular complexity index is 851. The molecule has 0 aromatic heterocycles. The summed E-state index contributed by atoms with van der Waals surface area (Å²) in [5, 5.41) is 4.03. The highest BCUT2D eigenvalue weighted by molar-refractivity contribution is 7.95. The highest BCUT2D eigenvalue weighted by Crippen LogP contribution is 2.55. The Kier molecular flexibility index (Phi) is 7.55. The van der Waals surface area contributed by atoms with Crippen LogP contribution in [0, 0.1) is 0 Å². The van der Waals surface area contributed by atoms with E-state index in [4.69, 9.17) is 4.74 Å². The van der Waals surface area contributed by atoms with Crippen molar-refractivity contribution in [2.45, 2.75) is 6.92 Å². The van der Waals surface area contributed by atoms with Gasteiger partial charge in [-0.25, -0.2) is 4.79 Å². The molecule has 3 rings (SSSR count). The number of carbonyl (C=O) groups is 1. The molecule has 0 aliphatic rings. The first-order valence-electron chi connectivity index (χ1n) is 9.82. The maximum absolute atomic E-state index is 11.5. The molecule has 0 saturated carbocycles. The van der Waals surface area contributed by atoms with Gasteiger partial charge in [0.05, 0.1) is 12.8 Å². The normalized spacial score (nSPS) is 11.8. The second-order valence-corrected chi connectivity index (χ2v) is 10.1. The van der Waals surface area contributed by atoms with Gasteiger partial charge in [0, 0.05) is 6.08 Å². The molecule has 0 fully saturated rings. The van der Waals surface area contributed by atoms with Crippen molar-refractivity contribution >= 4 is 29.1 Å². The van der Waals surface area contributed by atoms with Gasteiger partial charge in [-0.1, -0.05) is 66.7 Å². The van der Waals surface area contributed by atoms with Crippen molar-refractivity contribution in [1.29, 1.82) is 0 Å². The predicted molar refractivity (Wildman–Crippen MR) is 125 cm³/mol. The van der Waals surface area contributed by atoms with Crippen molar-refractivity contribution in [2.24, 2.45) is 0 Å². The average molecular weight is 401 g/mol. The smallest absolute Gasteiger partial charge is 0.330 e. The quantitative estimate of drug-likeness (QED) is 0.238. The van der Waals surface area contributed by atoms with Crippen LogP contribution >= 0.6 is 7.26 Å². The third-order valence-electron chi connectivity index (χ3n) is 4.74. The predicted octanol–water partition coefficient (Wildman–Crippen LogP) is 4.66. The number of carbonyl (C=O) groups excluding carboxylic acids is 1. The fourth-order valence-corrected chi connectivity index (χ4v) is 7.44. The van der Waals surface area contributed by atoms with Crippen LogP contribution < -0.4 is 15.9 Å². The van der Waals surface area contributed by atoms with Gasteiger partial charge in [-0.05, 0) is 49.4 Å². The fourth-order valence-electron chi connectivity index (χ4n) is 3.43. The molecule has 3 aromatic rings. The lowest BCUT2D eigenvalue weighted by atomic mass is 10.4. The minimum absolute atomic E-state index is 0.313. The largest absolute Gasteiger partial charge is 0.463 e.